The Kier molecular flexibility index (Phi) is 3.92. The molecule has 1 aromatic heterocycles. The summed E-state index contributed by atoms with van der Waals surface area (Å²) in [5.41, 5.74) is 2.35. The molecule has 18 heavy (non-hydrogen) atoms. The molecule has 2 rings (SSSR count). The van der Waals surface area contributed by atoms with E-state index in [9.17, 15) is 4.79 Å². The first-order valence-corrected chi connectivity index (χ1v) is 6.64. The van der Waals surface area contributed by atoms with Crippen LogP contribution in [0.5, 0.6) is 0 Å². The van der Waals surface area contributed by atoms with Gasteiger partial charge in [-0.2, -0.15) is 0 Å². The second-order valence-corrected chi connectivity index (χ2v) is 5.29. The molecule has 0 spiro atoms. The van der Waals surface area contributed by atoms with Crippen LogP contribution in [-0.4, -0.2) is 10.8 Å². The summed E-state index contributed by atoms with van der Waals surface area (Å²) in [6, 6.07) is 11.3. The van der Waals surface area contributed by atoms with Gasteiger partial charge in [0.25, 0.3) is 0 Å². The third kappa shape index (κ3) is 2.67. The molecule has 0 amide bonds. The molecular formula is C15H14BrNO. The molecule has 0 atom stereocenters. The molecule has 0 aliphatic carbocycles. The Balaban J connectivity index is 2.32. The highest BCUT2D eigenvalue weighted by atomic mass is 79.9. The Hall–Kier alpha value is -1.48. The topological polar surface area (TPSA) is 30.0 Å². The molecule has 0 aliphatic heterocycles. The van der Waals surface area contributed by atoms with Crippen LogP contribution < -0.4 is 0 Å². The molecule has 2 nitrogen and oxygen atoms in total. The Bertz CT molecular complexity index is 561. The maximum Gasteiger partial charge on any atom is 0.212 e. The first-order valence-electron chi connectivity index (χ1n) is 5.84. The number of halogens is 1. The molecule has 3 heteroatoms. The van der Waals surface area contributed by atoms with E-state index in [0.29, 0.717) is 17.2 Å². The molecule has 0 unspecified atom stereocenters. The van der Waals surface area contributed by atoms with Gasteiger partial charge in [-0.3, -0.25) is 9.78 Å². The maximum atomic E-state index is 12.3. The minimum atomic E-state index is -0.0576. The SMILES string of the molecule is CC(C)c1ccc(C(=O)c2ncccc2Br)cc1. The predicted octanol–water partition coefficient (Wildman–Crippen LogP) is 4.20. The summed E-state index contributed by atoms with van der Waals surface area (Å²) in [6.45, 7) is 4.26. The molecule has 0 bridgehead atoms. The fraction of sp³-hybridized carbons (Fsp3) is 0.200. The first kappa shape index (κ1) is 13.0. The molecule has 0 aliphatic rings. The number of carbonyl (C=O) groups excluding carboxylic acids is 1. The third-order valence-electron chi connectivity index (χ3n) is 2.81. The number of benzene rings is 1. The number of hydrogen-bond acceptors (Lipinski definition) is 2. The summed E-state index contributed by atoms with van der Waals surface area (Å²) in [7, 11) is 0. The summed E-state index contributed by atoms with van der Waals surface area (Å²) in [6.07, 6.45) is 1.63. The van der Waals surface area contributed by atoms with Crippen molar-refractivity contribution < 1.29 is 4.79 Å². The molecule has 0 saturated carbocycles. The van der Waals surface area contributed by atoms with Gasteiger partial charge in [0.05, 0.1) is 0 Å². The number of aromatic nitrogens is 1. The van der Waals surface area contributed by atoms with Gasteiger partial charge in [0, 0.05) is 16.2 Å². The van der Waals surface area contributed by atoms with E-state index >= 15 is 0 Å². The Morgan fingerprint density at radius 2 is 1.83 bits per heavy atom. The lowest BCUT2D eigenvalue weighted by Crippen LogP contribution is -2.05. The Morgan fingerprint density at radius 1 is 1.17 bits per heavy atom. The molecular weight excluding hydrogens is 290 g/mol. The summed E-state index contributed by atoms with van der Waals surface area (Å²) < 4.78 is 0.725. The highest BCUT2D eigenvalue weighted by Crippen LogP contribution is 2.19. The molecule has 0 fully saturated rings. The van der Waals surface area contributed by atoms with Crippen molar-refractivity contribution in [3.8, 4) is 0 Å². The fourth-order valence-electron chi connectivity index (χ4n) is 1.71. The molecule has 0 N–H and O–H groups in total. The average Bonchev–Trinajstić information content (AvgIpc) is 2.38. The van der Waals surface area contributed by atoms with Crippen molar-refractivity contribution in [2.45, 2.75) is 19.8 Å². The van der Waals surface area contributed by atoms with Crippen LogP contribution >= 0.6 is 15.9 Å². The summed E-state index contributed by atoms with van der Waals surface area (Å²) in [4.78, 5) is 16.4. The molecule has 0 radical (unpaired) electrons. The van der Waals surface area contributed by atoms with Gasteiger partial charge >= 0.3 is 0 Å². The predicted molar refractivity (Wildman–Crippen MR) is 75.9 cm³/mol. The van der Waals surface area contributed by atoms with Gasteiger partial charge in [-0.05, 0) is 39.5 Å². The van der Waals surface area contributed by atoms with Crippen molar-refractivity contribution in [3.05, 3.63) is 63.9 Å². The lowest BCUT2D eigenvalue weighted by atomic mass is 9.99. The van der Waals surface area contributed by atoms with E-state index in [1.165, 1.54) is 5.56 Å². The van der Waals surface area contributed by atoms with E-state index < -0.39 is 0 Å². The van der Waals surface area contributed by atoms with Gasteiger partial charge in [-0.25, -0.2) is 0 Å². The van der Waals surface area contributed by atoms with Gasteiger partial charge in [-0.15, -0.1) is 0 Å². The largest absolute Gasteiger partial charge is 0.287 e. The van der Waals surface area contributed by atoms with Crippen molar-refractivity contribution in [1.82, 2.24) is 4.98 Å². The number of rotatable bonds is 3. The van der Waals surface area contributed by atoms with Crippen molar-refractivity contribution in [2.75, 3.05) is 0 Å². The van der Waals surface area contributed by atoms with Gasteiger partial charge in [0.1, 0.15) is 5.69 Å². The van der Waals surface area contributed by atoms with Crippen LogP contribution in [0.1, 0.15) is 41.4 Å². The van der Waals surface area contributed by atoms with E-state index in [0.717, 1.165) is 4.47 Å². The van der Waals surface area contributed by atoms with Gasteiger partial charge in [-0.1, -0.05) is 38.1 Å². The van der Waals surface area contributed by atoms with Crippen LogP contribution in [0.2, 0.25) is 0 Å². The molecule has 1 heterocycles. The number of hydrogen-bond donors (Lipinski definition) is 0. The zero-order valence-electron chi connectivity index (χ0n) is 10.4. The van der Waals surface area contributed by atoms with Gasteiger partial charge in [0.15, 0.2) is 0 Å². The van der Waals surface area contributed by atoms with E-state index in [-0.39, 0.29) is 5.78 Å². The standard InChI is InChI=1S/C15H14BrNO/c1-10(2)11-5-7-12(8-6-11)15(18)14-13(16)4-3-9-17-14/h3-10H,1-2H3. The summed E-state index contributed by atoms with van der Waals surface area (Å²) >= 11 is 3.35. The smallest absolute Gasteiger partial charge is 0.212 e. The monoisotopic (exact) mass is 303 g/mol. The fourth-order valence-corrected chi connectivity index (χ4v) is 2.14. The highest BCUT2D eigenvalue weighted by Gasteiger charge is 2.13. The molecule has 92 valence electrons. The van der Waals surface area contributed by atoms with Crippen LogP contribution in [0.15, 0.2) is 47.1 Å². The van der Waals surface area contributed by atoms with Crippen LogP contribution in [0.25, 0.3) is 0 Å². The number of pyridine rings is 1. The minimum Gasteiger partial charge on any atom is -0.287 e. The Labute approximate surface area is 115 Å². The maximum absolute atomic E-state index is 12.3. The second-order valence-electron chi connectivity index (χ2n) is 4.44. The zero-order valence-corrected chi connectivity index (χ0v) is 11.9. The van der Waals surface area contributed by atoms with Gasteiger partial charge < -0.3 is 0 Å². The van der Waals surface area contributed by atoms with E-state index in [2.05, 4.69) is 34.8 Å². The van der Waals surface area contributed by atoms with E-state index in [4.69, 9.17) is 0 Å². The number of ketones is 1. The van der Waals surface area contributed by atoms with Crippen LogP contribution in [0, 0.1) is 0 Å². The summed E-state index contributed by atoms with van der Waals surface area (Å²) in [5.74, 6) is 0.411. The second kappa shape index (κ2) is 5.44. The van der Waals surface area contributed by atoms with Gasteiger partial charge in [0.2, 0.25) is 5.78 Å². The van der Waals surface area contributed by atoms with E-state index in [1.54, 1.807) is 12.3 Å². The van der Waals surface area contributed by atoms with E-state index in [1.807, 2.05) is 30.3 Å². The van der Waals surface area contributed by atoms with Crippen molar-refractivity contribution >= 4 is 21.7 Å². The van der Waals surface area contributed by atoms with Crippen LogP contribution in [0.3, 0.4) is 0 Å². The highest BCUT2D eigenvalue weighted by molar-refractivity contribution is 9.10. The third-order valence-corrected chi connectivity index (χ3v) is 3.45. The minimum absolute atomic E-state index is 0.0576. The number of nitrogens with zero attached hydrogens (tertiary/aromatic N) is 1. The average molecular weight is 304 g/mol. The number of carbonyl (C=O) groups is 1. The normalized spacial score (nSPS) is 10.7. The quantitative estimate of drug-likeness (QED) is 0.796. The van der Waals surface area contributed by atoms with Crippen LogP contribution in [0.4, 0.5) is 0 Å². The Morgan fingerprint density at radius 3 is 2.39 bits per heavy atom. The lowest BCUT2D eigenvalue weighted by molar-refractivity contribution is 0.103. The zero-order chi connectivity index (χ0) is 13.1. The van der Waals surface area contributed by atoms with Crippen molar-refractivity contribution in [2.24, 2.45) is 0 Å². The molecule has 2 aromatic rings. The lowest BCUT2D eigenvalue weighted by Gasteiger charge is -2.06. The molecule has 0 saturated heterocycles. The summed E-state index contributed by atoms with van der Waals surface area (Å²) in [5, 5.41) is 0. The van der Waals surface area contributed by atoms with Crippen molar-refractivity contribution in [1.29, 1.82) is 0 Å². The molecule has 1 aromatic carbocycles. The van der Waals surface area contributed by atoms with Crippen LogP contribution in [-0.2, 0) is 0 Å². The first-order chi connectivity index (χ1) is 8.59. The van der Waals surface area contributed by atoms with Crippen molar-refractivity contribution in [3.63, 3.8) is 0 Å².